The van der Waals surface area contributed by atoms with Gasteiger partial charge in [-0.1, -0.05) is 0 Å². The maximum atomic E-state index is 10.9. The molecule has 0 radical (unpaired) electrons. The van der Waals surface area contributed by atoms with Crippen molar-refractivity contribution in [2.24, 2.45) is 7.05 Å². The number of benzene rings is 1. The smallest absolute Gasteiger partial charge is 0.275 e. The predicted molar refractivity (Wildman–Crippen MR) is 74.8 cm³/mol. The molecule has 1 aromatic heterocycles. The zero-order chi connectivity index (χ0) is 14.5. The predicted octanol–water partition coefficient (Wildman–Crippen LogP) is 2.34. The number of aryl methyl sites for hydroxylation is 1. The minimum Gasteiger partial charge on any atom is -0.494 e. The molecular weight excluding hydrogens is 260 g/mol. The largest absolute Gasteiger partial charge is 0.494 e. The third kappa shape index (κ3) is 3.47. The number of rotatable bonds is 6. The molecule has 20 heavy (non-hydrogen) atoms. The van der Waals surface area contributed by atoms with E-state index in [-0.39, 0.29) is 5.69 Å². The first-order valence-corrected chi connectivity index (χ1v) is 6.22. The minimum atomic E-state index is -0.433. The molecule has 0 saturated heterocycles. The average molecular weight is 276 g/mol. The van der Waals surface area contributed by atoms with Gasteiger partial charge in [0.25, 0.3) is 5.69 Å². The number of nitro benzene ring substituents is 1. The normalized spacial score (nSPS) is 10.3. The number of nitro groups is 1. The van der Waals surface area contributed by atoms with E-state index in [1.807, 2.05) is 20.2 Å². The Hall–Kier alpha value is -2.57. The van der Waals surface area contributed by atoms with E-state index < -0.39 is 4.92 Å². The highest BCUT2D eigenvalue weighted by Crippen LogP contribution is 2.26. The second-order valence-corrected chi connectivity index (χ2v) is 4.28. The van der Waals surface area contributed by atoms with Crippen LogP contribution >= 0.6 is 0 Å². The second-order valence-electron chi connectivity index (χ2n) is 4.28. The molecule has 0 aliphatic heterocycles. The van der Waals surface area contributed by atoms with E-state index in [1.54, 1.807) is 16.9 Å². The summed E-state index contributed by atoms with van der Waals surface area (Å²) >= 11 is 0. The first-order chi connectivity index (χ1) is 9.58. The molecule has 0 atom stereocenters. The summed E-state index contributed by atoms with van der Waals surface area (Å²) in [5.74, 6) is 0.482. The van der Waals surface area contributed by atoms with Crippen molar-refractivity contribution in [2.45, 2.75) is 13.5 Å². The van der Waals surface area contributed by atoms with Crippen molar-refractivity contribution >= 4 is 11.4 Å². The van der Waals surface area contributed by atoms with Gasteiger partial charge in [-0.3, -0.25) is 14.8 Å². The summed E-state index contributed by atoms with van der Waals surface area (Å²) in [6.07, 6.45) is 3.63. The van der Waals surface area contributed by atoms with E-state index in [4.69, 9.17) is 4.74 Å². The van der Waals surface area contributed by atoms with Gasteiger partial charge < -0.3 is 10.1 Å². The summed E-state index contributed by atoms with van der Waals surface area (Å²) in [6, 6.07) is 4.64. The Balaban J connectivity index is 2.15. The third-order valence-electron chi connectivity index (χ3n) is 2.67. The number of hydrogen-bond acceptors (Lipinski definition) is 5. The van der Waals surface area contributed by atoms with Crippen molar-refractivity contribution in [3.8, 4) is 5.75 Å². The minimum absolute atomic E-state index is 0.00429. The van der Waals surface area contributed by atoms with Gasteiger partial charge in [0, 0.05) is 43.2 Å². The Morgan fingerprint density at radius 1 is 1.45 bits per heavy atom. The monoisotopic (exact) mass is 276 g/mol. The SMILES string of the molecule is CCOc1cc(NCc2cnn(C)c2)cc([N+](=O)[O-])c1. The summed E-state index contributed by atoms with van der Waals surface area (Å²) in [4.78, 5) is 10.5. The van der Waals surface area contributed by atoms with E-state index in [0.717, 1.165) is 5.56 Å². The quantitative estimate of drug-likeness (QED) is 0.646. The van der Waals surface area contributed by atoms with Crippen molar-refractivity contribution in [1.29, 1.82) is 0 Å². The second kappa shape index (κ2) is 6.05. The van der Waals surface area contributed by atoms with Crippen molar-refractivity contribution in [3.05, 3.63) is 46.3 Å². The van der Waals surface area contributed by atoms with Crippen LogP contribution in [0.3, 0.4) is 0 Å². The highest BCUT2D eigenvalue weighted by Gasteiger charge is 2.10. The molecule has 0 amide bonds. The number of aromatic nitrogens is 2. The Morgan fingerprint density at radius 2 is 2.25 bits per heavy atom. The van der Waals surface area contributed by atoms with E-state index in [1.165, 1.54) is 12.1 Å². The fraction of sp³-hybridized carbons (Fsp3) is 0.308. The molecular formula is C13H16N4O3. The Labute approximate surface area is 116 Å². The lowest BCUT2D eigenvalue weighted by Gasteiger charge is -2.08. The van der Waals surface area contributed by atoms with Gasteiger partial charge >= 0.3 is 0 Å². The lowest BCUT2D eigenvalue weighted by molar-refractivity contribution is -0.384. The molecule has 0 fully saturated rings. The number of nitrogens with one attached hydrogen (secondary N) is 1. The van der Waals surface area contributed by atoms with Crippen molar-refractivity contribution in [2.75, 3.05) is 11.9 Å². The lowest BCUT2D eigenvalue weighted by Crippen LogP contribution is -2.01. The van der Waals surface area contributed by atoms with Gasteiger partial charge in [-0.25, -0.2) is 0 Å². The van der Waals surface area contributed by atoms with Crippen LogP contribution in [0.4, 0.5) is 11.4 Å². The van der Waals surface area contributed by atoms with E-state index in [0.29, 0.717) is 24.6 Å². The first kappa shape index (κ1) is 13.9. The maximum absolute atomic E-state index is 10.9. The highest BCUT2D eigenvalue weighted by molar-refractivity contribution is 5.56. The highest BCUT2D eigenvalue weighted by atomic mass is 16.6. The third-order valence-corrected chi connectivity index (χ3v) is 2.67. The standard InChI is InChI=1S/C13H16N4O3/c1-3-20-13-5-11(4-12(6-13)17(18)19)14-7-10-8-15-16(2)9-10/h4-6,8-9,14H,3,7H2,1-2H3. The molecule has 0 aliphatic rings. The summed E-state index contributed by atoms with van der Waals surface area (Å²) < 4.78 is 7.04. The maximum Gasteiger partial charge on any atom is 0.275 e. The lowest BCUT2D eigenvalue weighted by atomic mass is 10.2. The zero-order valence-electron chi connectivity index (χ0n) is 11.4. The summed E-state index contributed by atoms with van der Waals surface area (Å²) in [6.45, 7) is 2.84. The fourth-order valence-corrected chi connectivity index (χ4v) is 1.81. The first-order valence-electron chi connectivity index (χ1n) is 6.22. The van der Waals surface area contributed by atoms with Crippen LogP contribution in [0.2, 0.25) is 0 Å². The van der Waals surface area contributed by atoms with Gasteiger partial charge in [0.1, 0.15) is 5.75 Å². The number of hydrogen-bond donors (Lipinski definition) is 1. The summed E-state index contributed by atoms with van der Waals surface area (Å²) in [7, 11) is 1.84. The topological polar surface area (TPSA) is 82.2 Å². The van der Waals surface area contributed by atoms with Crippen LogP contribution in [0, 0.1) is 10.1 Å². The van der Waals surface area contributed by atoms with Gasteiger partial charge in [0.05, 0.1) is 23.8 Å². The van der Waals surface area contributed by atoms with Gasteiger partial charge in [-0.15, -0.1) is 0 Å². The van der Waals surface area contributed by atoms with Crippen LogP contribution < -0.4 is 10.1 Å². The van der Waals surface area contributed by atoms with Gasteiger partial charge in [-0.2, -0.15) is 5.10 Å². The molecule has 0 spiro atoms. The molecule has 1 aromatic carbocycles. The van der Waals surface area contributed by atoms with Crippen LogP contribution in [0.1, 0.15) is 12.5 Å². The van der Waals surface area contributed by atoms with Crippen LogP contribution in [-0.2, 0) is 13.6 Å². The molecule has 2 rings (SSSR count). The van der Waals surface area contributed by atoms with Crippen molar-refractivity contribution in [1.82, 2.24) is 9.78 Å². The van der Waals surface area contributed by atoms with Crippen LogP contribution in [0.25, 0.3) is 0 Å². The molecule has 7 nitrogen and oxygen atoms in total. The number of ether oxygens (including phenoxy) is 1. The molecule has 1 N–H and O–H groups in total. The Morgan fingerprint density at radius 3 is 2.85 bits per heavy atom. The molecule has 106 valence electrons. The molecule has 0 unspecified atom stereocenters. The Bertz CT molecular complexity index is 609. The van der Waals surface area contributed by atoms with Crippen LogP contribution in [-0.4, -0.2) is 21.3 Å². The van der Waals surface area contributed by atoms with Crippen LogP contribution in [0.15, 0.2) is 30.6 Å². The number of anilines is 1. The molecule has 0 aliphatic carbocycles. The zero-order valence-corrected chi connectivity index (χ0v) is 11.4. The van der Waals surface area contributed by atoms with Gasteiger partial charge in [0.15, 0.2) is 0 Å². The number of nitrogens with zero attached hydrogens (tertiary/aromatic N) is 3. The van der Waals surface area contributed by atoms with Gasteiger partial charge in [-0.05, 0) is 6.92 Å². The van der Waals surface area contributed by atoms with E-state index in [2.05, 4.69) is 10.4 Å². The molecule has 7 heteroatoms. The van der Waals surface area contributed by atoms with Crippen molar-refractivity contribution in [3.63, 3.8) is 0 Å². The molecule has 2 aromatic rings. The summed E-state index contributed by atoms with van der Waals surface area (Å²) in [5.41, 5.74) is 1.65. The summed E-state index contributed by atoms with van der Waals surface area (Å²) in [5, 5.41) is 18.1. The molecule has 0 saturated carbocycles. The fourth-order valence-electron chi connectivity index (χ4n) is 1.81. The van der Waals surface area contributed by atoms with Gasteiger partial charge in [0.2, 0.25) is 0 Å². The Kier molecular flexibility index (Phi) is 4.19. The van der Waals surface area contributed by atoms with E-state index >= 15 is 0 Å². The molecule has 1 heterocycles. The van der Waals surface area contributed by atoms with E-state index in [9.17, 15) is 10.1 Å². The van der Waals surface area contributed by atoms with Crippen molar-refractivity contribution < 1.29 is 9.66 Å². The molecule has 0 bridgehead atoms. The van der Waals surface area contributed by atoms with Crippen LogP contribution in [0.5, 0.6) is 5.75 Å². The average Bonchev–Trinajstić information content (AvgIpc) is 2.82. The number of non-ortho nitro benzene ring substituents is 1.